The van der Waals surface area contributed by atoms with Crippen molar-refractivity contribution >= 4 is 17.5 Å². The van der Waals surface area contributed by atoms with E-state index < -0.39 is 0 Å². The predicted octanol–water partition coefficient (Wildman–Crippen LogP) is 0.317. The first-order chi connectivity index (χ1) is 8.69. The van der Waals surface area contributed by atoms with Crippen molar-refractivity contribution in [2.75, 3.05) is 19.0 Å². The van der Waals surface area contributed by atoms with Crippen LogP contribution in [0.2, 0.25) is 5.28 Å². The molecule has 0 aromatic carbocycles. The molecule has 2 heterocycles. The molecule has 0 bridgehead atoms. The van der Waals surface area contributed by atoms with Crippen LogP contribution < -0.4 is 10.1 Å². The maximum Gasteiger partial charge on any atom is 0.322 e. The third-order valence-corrected chi connectivity index (χ3v) is 2.38. The summed E-state index contributed by atoms with van der Waals surface area (Å²) >= 11 is 5.72. The number of hydrogen-bond donors (Lipinski definition) is 1. The molecule has 0 unspecified atom stereocenters. The average Bonchev–Trinajstić information content (AvgIpc) is 2.74. The number of nitrogens with zero attached hydrogens (tertiary/aromatic N) is 6. The highest BCUT2D eigenvalue weighted by molar-refractivity contribution is 6.28. The van der Waals surface area contributed by atoms with Gasteiger partial charge in [-0.05, 0) is 11.6 Å². The Labute approximate surface area is 108 Å². The Kier molecular flexibility index (Phi) is 3.88. The SMILES string of the molecule is COc1nc(Cl)nc(NCCc2nncn2C)n1. The van der Waals surface area contributed by atoms with Crippen molar-refractivity contribution in [2.24, 2.45) is 7.05 Å². The molecule has 9 heteroatoms. The fourth-order valence-electron chi connectivity index (χ4n) is 1.32. The Balaban J connectivity index is 1.94. The zero-order valence-corrected chi connectivity index (χ0v) is 10.7. The van der Waals surface area contributed by atoms with Crippen LogP contribution in [0.3, 0.4) is 0 Å². The predicted molar refractivity (Wildman–Crippen MR) is 64.6 cm³/mol. The van der Waals surface area contributed by atoms with Crippen molar-refractivity contribution < 1.29 is 4.74 Å². The highest BCUT2D eigenvalue weighted by Gasteiger charge is 2.05. The summed E-state index contributed by atoms with van der Waals surface area (Å²) in [4.78, 5) is 11.7. The van der Waals surface area contributed by atoms with Gasteiger partial charge >= 0.3 is 6.01 Å². The lowest BCUT2D eigenvalue weighted by Crippen LogP contribution is -2.11. The Bertz CT molecular complexity index is 529. The number of aromatic nitrogens is 6. The summed E-state index contributed by atoms with van der Waals surface area (Å²) in [6.07, 6.45) is 2.35. The van der Waals surface area contributed by atoms with Gasteiger partial charge in [0.05, 0.1) is 7.11 Å². The van der Waals surface area contributed by atoms with Gasteiger partial charge in [0.2, 0.25) is 11.2 Å². The molecule has 0 atom stereocenters. The molecule has 1 N–H and O–H groups in total. The van der Waals surface area contributed by atoms with E-state index in [4.69, 9.17) is 16.3 Å². The molecule has 2 aromatic heterocycles. The second kappa shape index (κ2) is 5.58. The summed E-state index contributed by atoms with van der Waals surface area (Å²) in [6.45, 7) is 0.607. The molecule has 8 nitrogen and oxygen atoms in total. The maximum absolute atomic E-state index is 5.72. The van der Waals surface area contributed by atoms with Gasteiger partial charge in [-0.3, -0.25) is 0 Å². The van der Waals surface area contributed by atoms with Crippen molar-refractivity contribution in [2.45, 2.75) is 6.42 Å². The number of anilines is 1. The molecule has 0 aliphatic heterocycles. The second-order valence-electron chi connectivity index (χ2n) is 3.45. The first-order valence-electron chi connectivity index (χ1n) is 5.21. The lowest BCUT2D eigenvalue weighted by Gasteiger charge is -2.05. The quantitative estimate of drug-likeness (QED) is 0.836. The highest BCUT2D eigenvalue weighted by atomic mass is 35.5. The van der Waals surface area contributed by atoms with Crippen LogP contribution in [0.4, 0.5) is 5.95 Å². The van der Waals surface area contributed by atoms with Gasteiger partial charge < -0.3 is 14.6 Å². The number of nitrogens with one attached hydrogen (secondary N) is 1. The summed E-state index contributed by atoms with van der Waals surface area (Å²) < 4.78 is 6.74. The minimum atomic E-state index is 0.0861. The van der Waals surface area contributed by atoms with Crippen LogP contribution in [-0.2, 0) is 13.5 Å². The molecule has 0 amide bonds. The van der Waals surface area contributed by atoms with Crippen LogP contribution in [0.25, 0.3) is 0 Å². The van der Waals surface area contributed by atoms with E-state index in [0.717, 1.165) is 5.82 Å². The number of rotatable bonds is 5. The van der Waals surface area contributed by atoms with Crippen molar-refractivity contribution in [1.29, 1.82) is 0 Å². The fraction of sp³-hybridized carbons (Fsp3) is 0.444. The Morgan fingerprint density at radius 1 is 1.39 bits per heavy atom. The van der Waals surface area contributed by atoms with E-state index in [9.17, 15) is 0 Å². The first kappa shape index (κ1) is 12.5. The molecule has 96 valence electrons. The van der Waals surface area contributed by atoms with Gasteiger partial charge in [-0.1, -0.05) is 0 Å². The summed E-state index contributed by atoms with van der Waals surface area (Å²) in [5.74, 6) is 1.24. The maximum atomic E-state index is 5.72. The molecule has 0 radical (unpaired) electrons. The van der Waals surface area contributed by atoms with E-state index in [-0.39, 0.29) is 11.3 Å². The Morgan fingerprint density at radius 3 is 2.89 bits per heavy atom. The number of halogens is 1. The third kappa shape index (κ3) is 3.04. The van der Waals surface area contributed by atoms with E-state index in [2.05, 4.69) is 30.5 Å². The molecule has 0 saturated heterocycles. The minimum absolute atomic E-state index is 0.0861. The van der Waals surface area contributed by atoms with Crippen LogP contribution in [-0.4, -0.2) is 43.4 Å². The highest BCUT2D eigenvalue weighted by Crippen LogP contribution is 2.10. The van der Waals surface area contributed by atoms with Crippen LogP contribution in [0.1, 0.15) is 5.82 Å². The monoisotopic (exact) mass is 269 g/mol. The zero-order chi connectivity index (χ0) is 13.0. The second-order valence-corrected chi connectivity index (χ2v) is 3.79. The van der Waals surface area contributed by atoms with E-state index >= 15 is 0 Å². The number of hydrogen-bond acceptors (Lipinski definition) is 7. The van der Waals surface area contributed by atoms with Crippen molar-refractivity contribution in [3.63, 3.8) is 0 Å². The molecule has 18 heavy (non-hydrogen) atoms. The number of methoxy groups -OCH3 is 1. The van der Waals surface area contributed by atoms with Gasteiger partial charge in [-0.15, -0.1) is 10.2 Å². The molecule has 0 spiro atoms. The molecule has 2 rings (SSSR count). The number of aryl methyl sites for hydroxylation is 1. The molecular weight excluding hydrogens is 258 g/mol. The molecule has 0 aliphatic carbocycles. The van der Waals surface area contributed by atoms with E-state index in [1.165, 1.54) is 7.11 Å². The van der Waals surface area contributed by atoms with Gasteiger partial charge in [0, 0.05) is 20.0 Å². The molecule has 2 aromatic rings. The number of ether oxygens (including phenoxy) is 1. The van der Waals surface area contributed by atoms with Crippen molar-refractivity contribution in [1.82, 2.24) is 29.7 Å². The molecule has 0 fully saturated rings. The Hall–Kier alpha value is -1.96. The van der Waals surface area contributed by atoms with E-state index in [1.54, 1.807) is 6.33 Å². The lowest BCUT2D eigenvalue weighted by molar-refractivity contribution is 0.379. The summed E-state index contributed by atoms with van der Waals surface area (Å²) in [6, 6.07) is 0.177. The lowest BCUT2D eigenvalue weighted by atomic mass is 10.4. The van der Waals surface area contributed by atoms with Gasteiger partial charge in [-0.2, -0.15) is 15.0 Å². The van der Waals surface area contributed by atoms with E-state index in [1.807, 2.05) is 11.6 Å². The topological polar surface area (TPSA) is 90.6 Å². The van der Waals surface area contributed by atoms with Gasteiger partial charge in [0.25, 0.3) is 0 Å². The summed E-state index contributed by atoms with van der Waals surface area (Å²) in [5.41, 5.74) is 0. The van der Waals surface area contributed by atoms with Gasteiger partial charge in [-0.25, -0.2) is 0 Å². The van der Waals surface area contributed by atoms with Crippen LogP contribution in [0, 0.1) is 0 Å². The van der Waals surface area contributed by atoms with Crippen LogP contribution in [0.5, 0.6) is 6.01 Å². The van der Waals surface area contributed by atoms with Crippen molar-refractivity contribution in [3.05, 3.63) is 17.4 Å². The summed E-state index contributed by atoms with van der Waals surface area (Å²) in [5, 5.41) is 10.9. The average molecular weight is 270 g/mol. The van der Waals surface area contributed by atoms with Gasteiger partial charge in [0.1, 0.15) is 12.2 Å². The first-order valence-corrected chi connectivity index (χ1v) is 5.59. The zero-order valence-electron chi connectivity index (χ0n) is 9.96. The molecule has 0 aliphatic rings. The molecular formula is C9H12ClN7O. The van der Waals surface area contributed by atoms with Crippen LogP contribution in [0.15, 0.2) is 6.33 Å². The smallest absolute Gasteiger partial charge is 0.322 e. The van der Waals surface area contributed by atoms with Gasteiger partial charge in [0.15, 0.2) is 0 Å². The Morgan fingerprint density at radius 2 is 2.22 bits per heavy atom. The van der Waals surface area contributed by atoms with Crippen molar-refractivity contribution in [3.8, 4) is 6.01 Å². The standard InChI is InChI=1S/C9H12ClN7O/c1-17-5-12-16-6(17)3-4-11-8-13-7(10)14-9(15-8)18-2/h5H,3-4H2,1-2H3,(H,11,13,14,15). The largest absolute Gasteiger partial charge is 0.467 e. The normalized spacial score (nSPS) is 10.4. The third-order valence-electron chi connectivity index (χ3n) is 2.21. The fourth-order valence-corrected chi connectivity index (χ4v) is 1.47. The summed E-state index contributed by atoms with van der Waals surface area (Å²) in [7, 11) is 3.35. The van der Waals surface area contributed by atoms with E-state index in [0.29, 0.717) is 18.9 Å². The minimum Gasteiger partial charge on any atom is -0.467 e. The molecule has 0 saturated carbocycles. The van der Waals surface area contributed by atoms with Crippen LogP contribution >= 0.6 is 11.6 Å².